The first-order valence-corrected chi connectivity index (χ1v) is 4.08. The van der Waals surface area contributed by atoms with Crippen molar-refractivity contribution in [3.63, 3.8) is 0 Å². The molecule has 0 aliphatic rings. The van der Waals surface area contributed by atoms with Gasteiger partial charge in [0, 0.05) is 18.0 Å². The van der Waals surface area contributed by atoms with Gasteiger partial charge in [0.05, 0.1) is 0 Å². The van der Waals surface area contributed by atoms with Crippen molar-refractivity contribution >= 4 is 5.97 Å². The quantitative estimate of drug-likeness (QED) is 0.653. The van der Waals surface area contributed by atoms with Crippen LogP contribution in [0.4, 0.5) is 0 Å². The van der Waals surface area contributed by atoms with Crippen LogP contribution in [0.2, 0.25) is 0 Å². The van der Waals surface area contributed by atoms with Crippen LogP contribution in [0.1, 0.15) is 19.4 Å². The lowest BCUT2D eigenvalue weighted by Crippen LogP contribution is -2.40. The van der Waals surface area contributed by atoms with Crippen LogP contribution in [0.3, 0.4) is 0 Å². The van der Waals surface area contributed by atoms with Crippen LogP contribution in [-0.2, 0) is 10.4 Å². The Morgan fingerprint density at radius 2 is 2.23 bits per heavy atom. The summed E-state index contributed by atoms with van der Waals surface area (Å²) in [4.78, 5) is 13.6. The highest BCUT2D eigenvalue weighted by molar-refractivity contribution is 5.79. The van der Waals surface area contributed by atoms with Crippen LogP contribution in [0.25, 0.3) is 0 Å². The molecular formula is C9H13NO3. The molecule has 1 atom stereocenters. The zero-order valence-corrected chi connectivity index (χ0v) is 7.61. The molecule has 72 valence electrons. The Bertz CT molecular complexity index is 292. The second-order valence-electron chi connectivity index (χ2n) is 3.33. The van der Waals surface area contributed by atoms with Crippen LogP contribution in [0.5, 0.6) is 0 Å². The molecule has 1 heterocycles. The highest BCUT2D eigenvalue weighted by Gasteiger charge is 2.41. The lowest BCUT2D eigenvalue weighted by molar-refractivity contribution is -0.165. The van der Waals surface area contributed by atoms with Crippen LogP contribution < -0.4 is 0 Å². The molecule has 4 heteroatoms. The average molecular weight is 183 g/mol. The summed E-state index contributed by atoms with van der Waals surface area (Å²) in [5.41, 5.74) is -1.41. The fourth-order valence-corrected chi connectivity index (χ4v) is 1.26. The molecule has 1 aromatic rings. The van der Waals surface area contributed by atoms with Crippen molar-refractivity contribution in [3.05, 3.63) is 24.0 Å². The van der Waals surface area contributed by atoms with Gasteiger partial charge < -0.3 is 15.2 Å². The Labute approximate surface area is 76.2 Å². The molecule has 0 amide bonds. The van der Waals surface area contributed by atoms with E-state index in [4.69, 9.17) is 5.11 Å². The summed E-state index contributed by atoms with van der Waals surface area (Å²) in [6.07, 6.45) is 3.08. The molecule has 0 spiro atoms. The summed E-state index contributed by atoms with van der Waals surface area (Å²) >= 11 is 0. The van der Waals surface area contributed by atoms with E-state index in [1.54, 1.807) is 26.1 Å². The molecule has 0 fully saturated rings. The standard InChI is InChI=1S/C9H13NO3/c1-6(2)9(13,8(11)12)7-3-4-10-5-7/h3-6,10,13H,1-2H3,(H,11,12). The molecule has 0 radical (unpaired) electrons. The van der Waals surface area contributed by atoms with Crippen molar-refractivity contribution in [1.82, 2.24) is 4.98 Å². The van der Waals surface area contributed by atoms with Crippen molar-refractivity contribution in [2.75, 3.05) is 0 Å². The normalized spacial score (nSPS) is 15.7. The van der Waals surface area contributed by atoms with Crippen LogP contribution >= 0.6 is 0 Å². The van der Waals surface area contributed by atoms with E-state index in [1.807, 2.05) is 0 Å². The van der Waals surface area contributed by atoms with E-state index in [0.29, 0.717) is 5.56 Å². The fraction of sp³-hybridized carbons (Fsp3) is 0.444. The Hall–Kier alpha value is -1.29. The van der Waals surface area contributed by atoms with E-state index >= 15 is 0 Å². The summed E-state index contributed by atoms with van der Waals surface area (Å²) in [5.74, 6) is -1.59. The maximum absolute atomic E-state index is 10.9. The number of carboxylic acid groups (broad SMARTS) is 1. The predicted octanol–water partition coefficient (Wildman–Crippen LogP) is 0.943. The number of hydrogen-bond donors (Lipinski definition) is 3. The van der Waals surface area contributed by atoms with Gasteiger partial charge in [-0.25, -0.2) is 4.79 Å². The molecule has 13 heavy (non-hydrogen) atoms. The number of hydrogen-bond acceptors (Lipinski definition) is 2. The summed E-state index contributed by atoms with van der Waals surface area (Å²) < 4.78 is 0. The van der Waals surface area contributed by atoms with Crippen molar-refractivity contribution in [3.8, 4) is 0 Å². The minimum Gasteiger partial charge on any atom is -0.479 e. The van der Waals surface area contributed by atoms with Gasteiger partial charge in [0.15, 0.2) is 5.60 Å². The number of rotatable bonds is 3. The van der Waals surface area contributed by atoms with E-state index in [2.05, 4.69) is 4.98 Å². The Morgan fingerprint density at radius 3 is 2.54 bits per heavy atom. The highest BCUT2D eigenvalue weighted by Crippen LogP contribution is 2.29. The van der Waals surface area contributed by atoms with Crippen molar-refractivity contribution in [2.45, 2.75) is 19.4 Å². The fourth-order valence-electron chi connectivity index (χ4n) is 1.26. The molecule has 0 saturated carbocycles. The topological polar surface area (TPSA) is 73.3 Å². The van der Waals surface area contributed by atoms with E-state index in [1.165, 1.54) is 6.20 Å². The first-order valence-electron chi connectivity index (χ1n) is 4.08. The number of aromatic nitrogens is 1. The predicted molar refractivity (Wildman–Crippen MR) is 47.2 cm³/mol. The lowest BCUT2D eigenvalue weighted by Gasteiger charge is -2.26. The summed E-state index contributed by atoms with van der Waals surface area (Å²) in [6, 6.07) is 1.56. The number of carboxylic acids is 1. The minimum absolute atomic E-state index is 0.374. The minimum atomic E-state index is -1.79. The first-order chi connectivity index (χ1) is 5.99. The Balaban J connectivity index is 3.13. The largest absolute Gasteiger partial charge is 0.479 e. The number of aliphatic hydroxyl groups is 1. The summed E-state index contributed by atoms with van der Waals surface area (Å²) in [7, 11) is 0. The van der Waals surface area contributed by atoms with Gasteiger partial charge in [0.25, 0.3) is 0 Å². The van der Waals surface area contributed by atoms with Gasteiger partial charge in [-0.05, 0) is 12.0 Å². The molecule has 3 N–H and O–H groups in total. The Morgan fingerprint density at radius 1 is 1.62 bits per heavy atom. The van der Waals surface area contributed by atoms with E-state index in [-0.39, 0.29) is 5.92 Å². The molecule has 0 saturated heterocycles. The number of aromatic amines is 1. The second kappa shape index (κ2) is 3.22. The number of aliphatic carboxylic acids is 1. The van der Waals surface area contributed by atoms with E-state index in [0.717, 1.165) is 0 Å². The summed E-state index contributed by atoms with van der Waals surface area (Å²) in [5, 5.41) is 18.8. The molecule has 4 nitrogen and oxygen atoms in total. The summed E-state index contributed by atoms with van der Waals surface area (Å²) in [6.45, 7) is 3.34. The van der Waals surface area contributed by atoms with Gasteiger partial charge in [0.1, 0.15) is 0 Å². The van der Waals surface area contributed by atoms with Crippen LogP contribution in [-0.4, -0.2) is 21.2 Å². The molecule has 1 rings (SSSR count). The highest BCUT2D eigenvalue weighted by atomic mass is 16.4. The number of carbonyl (C=O) groups is 1. The molecule has 0 aliphatic carbocycles. The van der Waals surface area contributed by atoms with Crippen molar-refractivity contribution < 1.29 is 15.0 Å². The lowest BCUT2D eigenvalue weighted by atomic mass is 9.85. The monoisotopic (exact) mass is 183 g/mol. The molecule has 1 aromatic heterocycles. The zero-order chi connectivity index (χ0) is 10.1. The third-order valence-electron chi connectivity index (χ3n) is 2.20. The molecule has 0 bridgehead atoms. The first kappa shape index (κ1) is 9.80. The smallest absolute Gasteiger partial charge is 0.340 e. The second-order valence-corrected chi connectivity index (χ2v) is 3.33. The van der Waals surface area contributed by atoms with Gasteiger partial charge >= 0.3 is 5.97 Å². The maximum atomic E-state index is 10.9. The van der Waals surface area contributed by atoms with Crippen LogP contribution in [0, 0.1) is 5.92 Å². The van der Waals surface area contributed by atoms with E-state index in [9.17, 15) is 9.90 Å². The number of H-pyrrole nitrogens is 1. The molecule has 1 unspecified atom stereocenters. The Kier molecular flexibility index (Phi) is 2.43. The van der Waals surface area contributed by atoms with Crippen LogP contribution in [0.15, 0.2) is 18.5 Å². The van der Waals surface area contributed by atoms with Gasteiger partial charge in [-0.1, -0.05) is 13.8 Å². The molecule has 0 aliphatic heterocycles. The van der Waals surface area contributed by atoms with Gasteiger partial charge in [0.2, 0.25) is 0 Å². The molecular weight excluding hydrogens is 170 g/mol. The van der Waals surface area contributed by atoms with Crippen molar-refractivity contribution in [2.24, 2.45) is 5.92 Å². The van der Waals surface area contributed by atoms with Gasteiger partial charge in [-0.3, -0.25) is 0 Å². The SMILES string of the molecule is CC(C)C(O)(C(=O)O)c1cc[nH]c1. The van der Waals surface area contributed by atoms with E-state index < -0.39 is 11.6 Å². The maximum Gasteiger partial charge on any atom is 0.340 e. The average Bonchev–Trinajstić information content (AvgIpc) is 2.54. The van der Waals surface area contributed by atoms with Gasteiger partial charge in [-0.15, -0.1) is 0 Å². The van der Waals surface area contributed by atoms with Crippen molar-refractivity contribution in [1.29, 1.82) is 0 Å². The van der Waals surface area contributed by atoms with Gasteiger partial charge in [-0.2, -0.15) is 0 Å². The number of nitrogens with one attached hydrogen (secondary N) is 1. The third kappa shape index (κ3) is 1.45. The molecule has 0 aromatic carbocycles. The zero-order valence-electron chi connectivity index (χ0n) is 7.61. The third-order valence-corrected chi connectivity index (χ3v) is 2.20.